The molecule has 1 saturated heterocycles. The summed E-state index contributed by atoms with van der Waals surface area (Å²) >= 11 is 0. The Hall–Kier alpha value is -4.17. The monoisotopic (exact) mass is 583 g/mol. The predicted octanol–water partition coefficient (Wildman–Crippen LogP) is 0.332. The maximum absolute atomic E-state index is 13.0. The van der Waals surface area contributed by atoms with Crippen molar-refractivity contribution in [2.45, 2.75) is 0 Å². The highest BCUT2D eigenvalue weighted by atomic mass is 16.4. The van der Waals surface area contributed by atoms with Gasteiger partial charge in [0, 0.05) is 69.2 Å². The van der Waals surface area contributed by atoms with Gasteiger partial charge in [-0.2, -0.15) is 0 Å². The van der Waals surface area contributed by atoms with Crippen LogP contribution in [-0.2, 0) is 19.2 Å². The van der Waals surface area contributed by atoms with Crippen molar-refractivity contribution < 1.29 is 39.3 Å². The van der Waals surface area contributed by atoms with Crippen LogP contribution in [0.1, 0.15) is 15.9 Å². The van der Waals surface area contributed by atoms with Gasteiger partial charge in [-0.25, -0.2) is 0 Å². The van der Waals surface area contributed by atoms with E-state index in [9.17, 15) is 39.3 Å². The van der Waals surface area contributed by atoms with Crippen LogP contribution >= 0.6 is 0 Å². The van der Waals surface area contributed by atoms with Gasteiger partial charge in [0.25, 0.3) is 0 Å². The molecule has 0 aromatic heterocycles. The summed E-state index contributed by atoms with van der Waals surface area (Å²) in [6, 6.07) is 15.5. The van der Waals surface area contributed by atoms with E-state index >= 15 is 0 Å². The molecule has 1 aliphatic heterocycles. The predicted molar refractivity (Wildman–Crippen MR) is 154 cm³/mol. The molecule has 0 spiro atoms. The number of carbonyl (C=O) groups is 5. The van der Waals surface area contributed by atoms with E-state index in [-0.39, 0.29) is 37.9 Å². The highest BCUT2D eigenvalue weighted by Gasteiger charge is 2.21. The van der Waals surface area contributed by atoms with Crippen LogP contribution in [0.25, 0.3) is 0 Å². The Morgan fingerprint density at radius 3 is 1.26 bits per heavy atom. The van der Waals surface area contributed by atoms with E-state index in [0.717, 1.165) is 0 Å². The molecule has 0 atom stereocenters. The third kappa shape index (κ3) is 11.4. The molecule has 13 nitrogen and oxygen atoms in total. The van der Waals surface area contributed by atoms with Gasteiger partial charge >= 0.3 is 17.9 Å². The molecule has 1 aliphatic rings. The van der Waals surface area contributed by atoms with Gasteiger partial charge in [-0.1, -0.05) is 30.3 Å². The summed E-state index contributed by atoms with van der Waals surface area (Å²) in [6.45, 7) is 1.77. The smallest absolute Gasteiger partial charge is 0.317 e. The van der Waals surface area contributed by atoms with E-state index < -0.39 is 17.9 Å². The van der Waals surface area contributed by atoms with Crippen molar-refractivity contribution in [3.63, 3.8) is 0 Å². The van der Waals surface area contributed by atoms with Crippen molar-refractivity contribution in [1.29, 1.82) is 0 Å². The summed E-state index contributed by atoms with van der Waals surface area (Å²) in [5.41, 5.74) is 1.56. The lowest BCUT2D eigenvalue weighted by atomic mass is 10.0. The maximum atomic E-state index is 13.0. The molecular formula is C29H37N5O8. The van der Waals surface area contributed by atoms with Gasteiger partial charge < -0.3 is 20.6 Å². The summed E-state index contributed by atoms with van der Waals surface area (Å²) in [5, 5.41) is 30.8. The number of hydrogen-bond acceptors (Lipinski definition) is 9. The van der Waals surface area contributed by atoms with Gasteiger partial charge in [0.2, 0.25) is 5.91 Å². The van der Waals surface area contributed by atoms with Crippen LogP contribution in [0.15, 0.2) is 54.6 Å². The lowest BCUT2D eigenvalue weighted by Gasteiger charge is -2.32. The highest BCUT2D eigenvalue weighted by Crippen LogP contribution is 2.14. The Balaban J connectivity index is 1.66. The fraction of sp³-hybridized carbons (Fsp3) is 0.414. The third-order valence-electron chi connectivity index (χ3n) is 6.84. The Morgan fingerprint density at radius 1 is 0.524 bits per heavy atom. The number of rotatable bonds is 11. The second kappa shape index (κ2) is 16.3. The van der Waals surface area contributed by atoms with Crippen LogP contribution < -0.4 is 5.32 Å². The molecule has 1 amide bonds. The van der Waals surface area contributed by atoms with E-state index in [1.165, 1.54) is 0 Å². The number of carboxylic acid groups (broad SMARTS) is 3. The van der Waals surface area contributed by atoms with Gasteiger partial charge in [0.15, 0.2) is 5.78 Å². The molecule has 0 bridgehead atoms. The van der Waals surface area contributed by atoms with E-state index in [0.29, 0.717) is 69.2 Å². The fourth-order valence-corrected chi connectivity index (χ4v) is 4.65. The SMILES string of the molecule is O=C(O)CN1CCN(CC(=O)O)CCN(CC(=O)Nc2ccc(C(=O)c3ccccc3)cc2)CCN(CC(=O)O)CC1. The minimum Gasteiger partial charge on any atom is -0.480 e. The first-order chi connectivity index (χ1) is 20.1. The number of ketones is 1. The standard InChI is InChI=1S/C29H37N5O8/c35-25(30-24-8-6-23(7-9-24)29(42)22-4-2-1-3-5-22)18-31-10-12-32(19-26(36)37)14-16-34(21-28(40)41)17-15-33(13-11-31)20-27(38)39/h1-9H,10-21H2,(H,30,35)(H,36,37)(H,38,39)(H,40,41). The summed E-state index contributed by atoms with van der Waals surface area (Å²) in [6.07, 6.45) is 0. The van der Waals surface area contributed by atoms with Crippen LogP contribution in [-0.4, -0.2) is 143 Å². The maximum Gasteiger partial charge on any atom is 0.317 e. The van der Waals surface area contributed by atoms with Crippen LogP contribution in [0.5, 0.6) is 0 Å². The van der Waals surface area contributed by atoms with Crippen LogP contribution in [0, 0.1) is 0 Å². The molecule has 0 aliphatic carbocycles. The summed E-state index contributed by atoms with van der Waals surface area (Å²) in [7, 11) is 0. The molecule has 4 N–H and O–H groups in total. The number of hydrogen-bond donors (Lipinski definition) is 4. The Kier molecular flexibility index (Phi) is 12.6. The van der Waals surface area contributed by atoms with E-state index in [1.807, 2.05) is 11.0 Å². The largest absolute Gasteiger partial charge is 0.480 e. The van der Waals surface area contributed by atoms with Crippen LogP contribution in [0.2, 0.25) is 0 Å². The van der Waals surface area contributed by atoms with Crippen molar-refractivity contribution in [3.05, 3.63) is 65.7 Å². The zero-order valence-corrected chi connectivity index (χ0v) is 23.4. The summed E-state index contributed by atoms with van der Waals surface area (Å²) in [4.78, 5) is 66.7. The zero-order chi connectivity index (χ0) is 30.5. The number of nitrogens with one attached hydrogen (secondary N) is 1. The van der Waals surface area contributed by atoms with Gasteiger partial charge in [0.1, 0.15) is 0 Å². The van der Waals surface area contributed by atoms with Crippen molar-refractivity contribution in [2.24, 2.45) is 0 Å². The number of nitrogens with zero attached hydrogens (tertiary/aromatic N) is 4. The van der Waals surface area contributed by atoms with Crippen LogP contribution in [0.4, 0.5) is 5.69 Å². The topological polar surface area (TPSA) is 171 Å². The molecule has 42 heavy (non-hydrogen) atoms. The molecule has 0 radical (unpaired) electrons. The molecular weight excluding hydrogens is 546 g/mol. The molecule has 226 valence electrons. The number of carboxylic acids is 3. The van der Waals surface area contributed by atoms with Gasteiger partial charge in [-0.15, -0.1) is 0 Å². The van der Waals surface area contributed by atoms with Gasteiger partial charge in [-0.3, -0.25) is 43.6 Å². The number of amides is 1. The molecule has 3 rings (SSSR count). The third-order valence-corrected chi connectivity index (χ3v) is 6.84. The minimum atomic E-state index is -1.02. The molecule has 13 heteroatoms. The minimum absolute atomic E-state index is 0.0162. The molecule has 2 aromatic rings. The van der Waals surface area contributed by atoms with E-state index in [4.69, 9.17) is 0 Å². The van der Waals surface area contributed by atoms with Crippen molar-refractivity contribution in [1.82, 2.24) is 19.6 Å². The molecule has 2 aromatic carbocycles. The summed E-state index contributed by atoms with van der Waals surface area (Å²) < 4.78 is 0. The second-order valence-corrected chi connectivity index (χ2v) is 10.1. The number of carbonyl (C=O) groups excluding carboxylic acids is 2. The van der Waals surface area contributed by atoms with E-state index in [1.54, 1.807) is 63.2 Å². The van der Waals surface area contributed by atoms with Gasteiger partial charge in [0.05, 0.1) is 26.2 Å². The molecule has 1 fully saturated rings. The Bertz CT molecular complexity index is 1190. The average Bonchev–Trinajstić information content (AvgIpc) is 2.94. The number of anilines is 1. The Morgan fingerprint density at radius 2 is 0.881 bits per heavy atom. The number of benzene rings is 2. The molecule has 0 unspecified atom stereocenters. The lowest BCUT2D eigenvalue weighted by Crippen LogP contribution is -2.49. The van der Waals surface area contributed by atoms with Gasteiger partial charge in [-0.05, 0) is 24.3 Å². The quantitative estimate of drug-likeness (QED) is 0.268. The first-order valence-electron chi connectivity index (χ1n) is 13.6. The lowest BCUT2D eigenvalue weighted by molar-refractivity contribution is -0.140. The average molecular weight is 584 g/mol. The normalized spacial score (nSPS) is 16.6. The van der Waals surface area contributed by atoms with Crippen molar-refractivity contribution in [3.8, 4) is 0 Å². The van der Waals surface area contributed by atoms with Crippen molar-refractivity contribution in [2.75, 3.05) is 83.9 Å². The number of aliphatic carboxylic acids is 3. The second-order valence-electron chi connectivity index (χ2n) is 10.1. The van der Waals surface area contributed by atoms with Crippen LogP contribution in [0.3, 0.4) is 0 Å². The van der Waals surface area contributed by atoms with E-state index in [2.05, 4.69) is 5.32 Å². The first kappa shape index (κ1) is 32.3. The molecule has 1 heterocycles. The Labute approximate surface area is 243 Å². The van der Waals surface area contributed by atoms with Crippen molar-refractivity contribution >= 4 is 35.3 Å². The zero-order valence-electron chi connectivity index (χ0n) is 23.4. The first-order valence-corrected chi connectivity index (χ1v) is 13.6. The molecule has 0 saturated carbocycles. The highest BCUT2D eigenvalue weighted by molar-refractivity contribution is 6.09. The fourth-order valence-electron chi connectivity index (χ4n) is 4.65. The summed E-state index contributed by atoms with van der Waals surface area (Å²) in [5.74, 6) is -3.50.